The fraction of sp³-hybridized carbons (Fsp3) is 0.500. The van der Waals surface area contributed by atoms with Crippen molar-refractivity contribution in [1.29, 1.82) is 0 Å². The lowest BCUT2D eigenvalue weighted by Gasteiger charge is -2.27. The predicted octanol–water partition coefficient (Wildman–Crippen LogP) is 2.84. The van der Waals surface area contributed by atoms with Crippen molar-refractivity contribution < 1.29 is 9.21 Å². The largest absolute Gasteiger partial charge is 0.440 e. The third-order valence-electron chi connectivity index (χ3n) is 4.63. The fourth-order valence-corrected chi connectivity index (χ4v) is 3.19. The monoisotopic (exact) mass is 428 g/mol. The molecule has 1 aromatic heterocycles. The maximum absolute atomic E-state index is 12.0. The minimum atomic E-state index is 0. The topological polar surface area (TPSA) is 70.4 Å². The summed E-state index contributed by atoms with van der Waals surface area (Å²) in [5, 5.41) is 6.34. The van der Waals surface area contributed by atoms with Crippen LogP contribution in [0.1, 0.15) is 24.4 Å². The van der Waals surface area contributed by atoms with Crippen LogP contribution in [0.3, 0.4) is 0 Å². The molecule has 1 aliphatic heterocycles. The van der Waals surface area contributed by atoms with Crippen molar-refractivity contribution in [2.75, 3.05) is 39.3 Å². The highest BCUT2D eigenvalue weighted by atomic mass is 35.5. The summed E-state index contributed by atoms with van der Waals surface area (Å²) < 4.78 is 5.85. The zero-order chi connectivity index (χ0) is 18.2. The van der Waals surface area contributed by atoms with Crippen LogP contribution in [0.4, 0.5) is 0 Å². The number of piperazine rings is 1. The number of amides is 1. The van der Waals surface area contributed by atoms with E-state index in [2.05, 4.69) is 20.5 Å². The number of carbonyl (C=O) groups is 1. The number of rotatable bonds is 8. The summed E-state index contributed by atoms with van der Waals surface area (Å²) >= 11 is 0. The highest BCUT2D eigenvalue weighted by Crippen LogP contribution is 2.24. The Kier molecular flexibility index (Phi) is 11.2. The Morgan fingerprint density at radius 1 is 1.21 bits per heavy atom. The van der Waals surface area contributed by atoms with Crippen molar-refractivity contribution in [3.05, 3.63) is 41.9 Å². The number of benzene rings is 1. The molecule has 156 valence electrons. The zero-order valence-electron chi connectivity index (χ0n) is 16.3. The Labute approximate surface area is 179 Å². The van der Waals surface area contributed by atoms with Crippen molar-refractivity contribution in [3.63, 3.8) is 0 Å². The summed E-state index contributed by atoms with van der Waals surface area (Å²) in [6, 6.07) is 9.93. The lowest BCUT2D eigenvalue weighted by atomic mass is 10.1. The predicted molar refractivity (Wildman–Crippen MR) is 116 cm³/mol. The van der Waals surface area contributed by atoms with Gasteiger partial charge in [0.1, 0.15) is 0 Å². The van der Waals surface area contributed by atoms with E-state index in [0.717, 1.165) is 62.7 Å². The molecule has 0 radical (unpaired) electrons. The Hall–Kier alpha value is -1.60. The van der Waals surface area contributed by atoms with E-state index in [1.54, 1.807) is 0 Å². The number of aryl methyl sites for hydroxylation is 2. The molecule has 2 aromatic rings. The van der Waals surface area contributed by atoms with Gasteiger partial charge in [0.05, 0.1) is 5.69 Å². The van der Waals surface area contributed by atoms with Gasteiger partial charge < -0.3 is 20.0 Å². The summed E-state index contributed by atoms with van der Waals surface area (Å²) in [4.78, 5) is 18.9. The molecule has 2 N–H and O–H groups in total. The number of nitrogens with zero attached hydrogens (tertiary/aromatic N) is 2. The molecule has 0 spiro atoms. The van der Waals surface area contributed by atoms with Crippen LogP contribution in [-0.2, 0) is 11.2 Å². The Bertz CT molecular complexity index is 703. The molecule has 3 rings (SSSR count). The molecular weight excluding hydrogens is 399 g/mol. The van der Waals surface area contributed by atoms with E-state index in [-0.39, 0.29) is 30.7 Å². The number of nitrogens with one attached hydrogen (secondary N) is 2. The molecule has 1 amide bonds. The molecule has 0 aliphatic carbocycles. The molecule has 1 saturated heterocycles. The van der Waals surface area contributed by atoms with Crippen molar-refractivity contribution >= 4 is 30.7 Å². The molecule has 1 aliphatic rings. The van der Waals surface area contributed by atoms with Crippen molar-refractivity contribution in [2.24, 2.45) is 0 Å². The van der Waals surface area contributed by atoms with Crippen LogP contribution in [0.5, 0.6) is 0 Å². The van der Waals surface area contributed by atoms with Gasteiger partial charge in [0.2, 0.25) is 5.91 Å². The van der Waals surface area contributed by atoms with Gasteiger partial charge in [-0.15, -0.1) is 24.8 Å². The van der Waals surface area contributed by atoms with Crippen LogP contribution < -0.4 is 10.6 Å². The van der Waals surface area contributed by atoms with Gasteiger partial charge in [0, 0.05) is 51.1 Å². The van der Waals surface area contributed by atoms with E-state index in [0.29, 0.717) is 18.7 Å². The van der Waals surface area contributed by atoms with Crippen LogP contribution >= 0.6 is 24.8 Å². The van der Waals surface area contributed by atoms with E-state index >= 15 is 0 Å². The van der Waals surface area contributed by atoms with E-state index < -0.39 is 0 Å². The smallest absolute Gasteiger partial charge is 0.220 e. The SMILES string of the molecule is Cc1nc(CCC(=O)NCCCN2CCNCC2)oc1-c1ccccc1.Cl.Cl. The molecule has 6 nitrogen and oxygen atoms in total. The molecule has 0 saturated carbocycles. The van der Waals surface area contributed by atoms with Crippen LogP contribution in [-0.4, -0.2) is 55.1 Å². The average Bonchev–Trinajstić information content (AvgIpc) is 3.06. The minimum Gasteiger partial charge on any atom is -0.440 e. The van der Waals surface area contributed by atoms with Crippen molar-refractivity contribution in [3.8, 4) is 11.3 Å². The lowest BCUT2D eigenvalue weighted by Crippen LogP contribution is -2.44. The van der Waals surface area contributed by atoms with Gasteiger partial charge >= 0.3 is 0 Å². The quantitative estimate of drug-likeness (QED) is 0.632. The van der Waals surface area contributed by atoms with E-state index in [9.17, 15) is 4.79 Å². The maximum atomic E-state index is 12.0. The number of carbonyl (C=O) groups excluding carboxylic acids is 1. The first-order valence-electron chi connectivity index (χ1n) is 9.44. The maximum Gasteiger partial charge on any atom is 0.220 e. The van der Waals surface area contributed by atoms with Gasteiger partial charge in [0.15, 0.2) is 11.7 Å². The first-order valence-corrected chi connectivity index (χ1v) is 9.44. The second kappa shape index (κ2) is 12.8. The lowest BCUT2D eigenvalue weighted by molar-refractivity contribution is -0.121. The number of halogens is 2. The average molecular weight is 429 g/mol. The second-order valence-corrected chi connectivity index (χ2v) is 6.68. The molecule has 0 unspecified atom stereocenters. The Morgan fingerprint density at radius 3 is 2.64 bits per heavy atom. The highest BCUT2D eigenvalue weighted by Gasteiger charge is 2.13. The molecule has 2 heterocycles. The van der Waals surface area contributed by atoms with Crippen molar-refractivity contribution in [2.45, 2.75) is 26.2 Å². The summed E-state index contributed by atoms with van der Waals surface area (Å²) in [6.07, 6.45) is 1.92. The van der Waals surface area contributed by atoms with Gasteiger partial charge in [-0.25, -0.2) is 4.98 Å². The number of aromatic nitrogens is 1. The zero-order valence-corrected chi connectivity index (χ0v) is 17.9. The van der Waals surface area contributed by atoms with Gasteiger partial charge in [-0.1, -0.05) is 30.3 Å². The standard InChI is InChI=1S/C20H28N4O2.2ClH/c1-16-20(17-6-3-2-4-7-17)26-19(23-16)9-8-18(25)22-10-5-13-24-14-11-21-12-15-24;;/h2-4,6-7,21H,5,8-15H2,1H3,(H,22,25);2*1H. The summed E-state index contributed by atoms with van der Waals surface area (Å²) in [5.74, 6) is 1.47. The van der Waals surface area contributed by atoms with E-state index in [1.165, 1.54) is 0 Å². The van der Waals surface area contributed by atoms with Crippen LogP contribution in [0, 0.1) is 6.92 Å². The molecule has 1 fully saturated rings. The molecule has 0 bridgehead atoms. The normalized spacial score (nSPS) is 14.0. The summed E-state index contributed by atoms with van der Waals surface area (Å²) in [7, 11) is 0. The summed E-state index contributed by atoms with van der Waals surface area (Å²) in [6.45, 7) is 8.03. The molecule has 1 aromatic carbocycles. The molecule has 0 atom stereocenters. The first kappa shape index (κ1) is 24.4. The second-order valence-electron chi connectivity index (χ2n) is 6.68. The molecule has 8 heteroatoms. The van der Waals surface area contributed by atoms with Gasteiger partial charge in [-0.3, -0.25) is 4.79 Å². The Balaban J connectivity index is 0.00000196. The highest BCUT2D eigenvalue weighted by molar-refractivity contribution is 5.85. The molecule has 28 heavy (non-hydrogen) atoms. The first-order chi connectivity index (χ1) is 12.7. The number of hydrogen-bond acceptors (Lipinski definition) is 5. The van der Waals surface area contributed by atoms with Crippen molar-refractivity contribution in [1.82, 2.24) is 20.5 Å². The third kappa shape index (κ3) is 7.43. The van der Waals surface area contributed by atoms with Gasteiger partial charge in [0.25, 0.3) is 0 Å². The number of oxazole rings is 1. The van der Waals surface area contributed by atoms with E-state index in [1.807, 2.05) is 37.3 Å². The third-order valence-corrected chi connectivity index (χ3v) is 4.63. The molecular formula is C20H30Cl2N4O2. The van der Waals surface area contributed by atoms with Gasteiger partial charge in [-0.05, 0) is 19.9 Å². The van der Waals surface area contributed by atoms with Crippen LogP contribution in [0.25, 0.3) is 11.3 Å². The Morgan fingerprint density at radius 2 is 1.93 bits per heavy atom. The fourth-order valence-electron chi connectivity index (χ4n) is 3.19. The minimum absolute atomic E-state index is 0. The van der Waals surface area contributed by atoms with E-state index in [4.69, 9.17) is 4.42 Å². The number of hydrogen-bond donors (Lipinski definition) is 2. The van der Waals surface area contributed by atoms with Crippen LogP contribution in [0.15, 0.2) is 34.7 Å². The van der Waals surface area contributed by atoms with Crippen LogP contribution in [0.2, 0.25) is 0 Å². The van der Waals surface area contributed by atoms with Gasteiger partial charge in [-0.2, -0.15) is 0 Å². The summed E-state index contributed by atoms with van der Waals surface area (Å²) in [5.41, 5.74) is 1.88.